The normalized spacial score (nSPS) is 11.3. The van der Waals surface area contributed by atoms with Crippen molar-refractivity contribution in [2.75, 3.05) is 4.90 Å². The fourth-order valence-electron chi connectivity index (χ4n) is 8.04. The number of aromatic nitrogens is 1. The molecule has 0 aliphatic rings. The molecular weight excluding hydrogens is 653 g/mol. The summed E-state index contributed by atoms with van der Waals surface area (Å²) in [6.45, 7) is 0. The topological polar surface area (TPSA) is 8.17 Å². The Morgan fingerprint density at radius 3 is 1.48 bits per heavy atom. The number of rotatable bonds is 7. The standard InChI is InChI=1S/C52H36N2/c1-3-14-37(15-4-1)41-28-35-52(49(36-41)39-16-5-2-6-17-39)53(42-29-26-40(27-30-42)46-23-13-19-38-18-7-8-20-45(38)46)43-31-33-44(34-32-43)54-50-24-11-9-21-47(50)48-22-10-12-25-51(48)54/h1-36H. The Morgan fingerprint density at radius 1 is 0.315 bits per heavy atom. The van der Waals surface area contributed by atoms with Crippen molar-refractivity contribution in [1.82, 2.24) is 4.57 Å². The maximum Gasteiger partial charge on any atom is 0.0541 e. The monoisotopic (exact) mass is 688 g/mol. The van der Waals surface area contributed by atoms with Gasteiger partial charge < -0.3 is 9.47 Å². The number of hydrogen-bond acceptors (Lipinski definition) is 1. The number of hydrogen-bond donors (Lipinski definition) is 0. The molecule has 0 amide bonds. The van der Waals surface area contributed by atoms with Gasteiger partial charge in [0.25, 0.3) is 0 Å². The van der Waals surface area contributed by atoms with Crippen LogP contribution in [0.5, 0.6) is 0 Å². The molecule has 0 spiro atoms. The molecule has 0 saturated heterocycles. The Kier molecular flexibility index (Phi) is 7.85. The second kappa shape index (κ2) is 13.4. The van der Waals surface area contributed by atoms with Crippen LogP contribution >= 0.6 is 0 Å². The molecule has 0 radical (unpaired) electrons. The first-order valence-electron chi connectivity index (χ1n) is 18.5. The van der Waals surface area contributed by atoms with Crippen molar-refractivity contribution in [2.45, 2.75) is 0 Å². The summed E-state index contributed by atoms with van der Waals surface area (Å²) in [7, 11) is 0. The number of anilines is 3. The van der Waals surface area contributed by atoms with Crippen LogP contribution in [0, 0.1) is 0 Å². The highest BCUT2D eigenvalue weighted by Gasteiger charge is 2.20. The van der Waals surface area contributed by atoms with Crippen molar-refractivity contribution in [3.63, 3.8) is 0 Å². The molecule has 2 nitrogen and oxygen atoms in total. The minimum absolute atomic E-state index is 1.09. The lowest BCUT2D eigenvalue weighted by Gasteiger charge is -2.29. The summed E-state index contributed by atoms with van der Waals surface area (Å²) in [4.78, 5) is 2.40. The van der Waals surface area contributed by atoms with Gasteiger partial charge in [0.1, 0.15) is 0 Å². The van der Waals surface area contributed by atoms with E-state index in [4.69, 9.17) is 0 Å². The van der Waals surface area contributed by atoms with E-state index in [1.807, 2.05) is 0 Å². The molecule has 0 saturated carbocycles. The summed E-state index contributed by atoms with van der Waals surface area (Å²) in [5.74, 6) is 0. The van der Waals surface area contributed by atoms with Gasteiger partial charge in [-0.2, -0.15) is 0 Å². The molecule has 0 aliphatic heterocycles. The Labute approximate surface area is 315 Å². The largest absolute Gasteiger partial charge is 0.310 e. The maximum atomic E-state index is 2.40. The number of fused-ring (bicyclic) bond motifs is 4. The van der Waals surface area contributed by atoms with Crippen LogP contribution < -0.4 is 4.90 Å². The first-order chi connectivity index (χ1) is 26.8. The smallest absolute Gasteiger partial charge is 0.0541 e. The second-order valence-electron chi connectivity index (χ2n) is 13.8. The van der Waals surface area contributed by atoms with Gasteiger partial charge in [-0.1, -0.05) is 158 Å². The van der Waals surface area contributed by atoms with Crippen molar-refractivity contribution >= 4 is 49.6 Å². The van der Waals surface area contributed by atoms with Crippen molar-refractivity contribution < 1.29 is 0 Å². The van der Waals surface area contributed by atoms with E-state index in [0.717, 1.165) is 22.7 Å². The van der Waals surface area contributed by atoms with Crippen molar-refractivity contribution in [1.29, 1.82) is 0 Å². The van der Waals surface area contributed by atoms with Gasteiger partial charge in [-0.05, 0) is 99.3 Å². The molecule has 0 fully saturated rings. The molecule has 54 heavy (non-hydrogen) atoms. The van der Waals surface area contributed by atoms with Crippen LogP contribution in [-0.2, 0) is 0 Å². The summed E-state index contributed by atoms with van der Waals surface area (Å²) < 4.78 is 2.38. The molecule has 0 aliphatic carbocycles. The zero-order valence-electron chi connectivity index (χ0n) is 29.7. The van der Waals surface area contributed by atoms with Crippen LogP contribution in [0.1, 0.15) is 0 Å². The van der Waals surface area contributed by atoms with Crippen LogP contribution in [0.3, 0.4) is 0 Å². The highest BCUT2D eigenvalue weighted by Crippen LogP contribution is 2.44. The van der Waals surface area contributed by atoms with E-state index in [1.165, 1.54) is 66.0 Å². The molecule has 10 rings (SSSR count). The molecule has 10 aromatic rings. The zero-order chi connectivity index (χ0) is 35.8. The van der Waals surface area contributed by atoms with E-state index >= 15 is 0 Å². The number of benzene rings is 9. The van der Waals surface area contributed by atoms with Gasteiger partial charge in [-0.15, -0.1) is 0 Å². The van der Waals surface area contributed by atoms with E-state index in [1.54, 1.807) is 0 Å². The summed E-state index contributed by atoms with van der Waals surface area (Å²) in [5, 5.41) is 5.02. The fraction of sp³-hybridized carbons (Fsp3) is 0. The lowest BCUT2D eigenvalue weighted by molar-refractivity contribution is 1.17. The SMILES string of the molecule is c1ccc(-c2ccc(N(c3ccc(-c4cccc5ccccc45)cc3)c3ccc(-n4c5ccccc5c5ccccc54)cc3)c(-c3ccccc3)c2)cc1. The molecule has 1 aromatic heterocycles. The van der Waals surface area contributed by atoms with Crippen molar-refractivity contribution in [2.24, 2.45) is 0 Å². The minimum Gasteiger partial charge on any atom is -0.310 e. The van der Waals surface area contributed by atoms with Crippen LogP contribution in [0.15, 0.2) is 218 Å². The first-order valence-corrected chi connectivity index (χ1v) is 18.5. The highest BCUT2D eigenvalue weighted by molar-refractivity contribution is 6.09. The van der Waals surface area contributed by atoms with Crippen LogP contribution in [0.4, 0.5) is 17.1 Å². The van der Waals surface area contributed by atoms with E-state index in [-0.39, 0.29) is 0 Å². The Bertz CT molecular complexity index is 2850. The highest BCUT2D eigenvalue weighted by atomic mass is 15.1. The molecule has 2 heteroatoms. The maximum absolute atomic E-state index is 2.40. The van der Waals surface area contributed by atoms with Gasteiger partial charge >= 0.3 is 0 Å². The first kappa shape index (κ1) is 31.6. The van der Waals surface area contributed by atoms with Gasteiger partial charge in [0.2, 0.25) is 0 Å². The molecular formula is C52H36N2. The van der Waals surface area contributed by atoms with Crippen LogP contribution in [0.2, 0.25) is 0 Å². The van der Waals surface area contributed by atoms with E-state index in [9.17, 15) is 0 Å². The predicted octanol–water partition coefficient (Wildman–Crippen LogP) is 14.4. The molecule has 0 unspecified atom stereocenters. The van der Waals surface area contributed by atoms with Gasteiger partial charge in [0.15, 0.2) is 0 Å². The third-order valence-electron chi connectivity index (χ3n) is 10.6. The molecule has 0 bridgehead atoms. The fourth-order valence-corrected chi connectivity index (χ4v) is 8.04. The second-order valence-corrected chi connectivity index (χ2v) is 13.8. The van der Waals surface area contributed by atoms with E-state index in [0.29, 0.717) is 0 Å². The number of nitrogens with zero attached hydrogens (tertiary/aromatic N) is 2. The Hall–Kier alpha value is -7.16. The van der Waals surface area contributed by atoms with Crippen LogP contribution in [-0.4, -0.2) is 4.57 Å². The Morgan fingerprint density at radius 2 is 0.815 bits per heavy atom. The van der Waals surface area contributed by atoms with Crippen molar-refractivity contribution in [3.8, 4) is 39.1 Å². The van der Waals surface area contributed by atoms with Crippen LogP contribution in [0.25, 0.3) is 71.6 Å². The van der Waals surface area contributed by atoms with E-state index < -0.39 is 0 Å². The molecule has 254 valence electrons. The summed E-state index contributed by atoms with van der Waals surface area (Å²) >= 11 is 0. The zero-order valence-corrected chi connectivity index (χ0v) is 29.7. The minimum atomic E-state index is 1.09. The lowest BCUT2D eigenvalue weighted by atomic mass is 9.95. The van der Waals surface area contributed by atoms with Gasteiger partial charge in [0, 0.05) is 33.4 Å². The average Bonchev–Trinajstić information content (AvgIpc) is 3.59. The Balaban J connectivity index is 1.15. The lowest BCUT2D eigenvalue weighted by Crippen LogP contribution is -2.11. The van der Waals surface area contributed by atoms with Gasteiger partial charge in [-0.3, -0.25) is 0 Å². The van der Waals surface area contributed by atoms with Crippen molar-refractivity contribution in [3.05, 3.63) is 218 Å². The molecule has 0 atom stereocenters. The third-order valence-corrected chi connectivity index (χ3v) is 10.6. The van der Waals surface area contributed by atoms with Gasteiger partial charge in [-0.25, -0.2) is 0 Å². The van der Waals surface area contributed by atoms with E-state index in [2.05, 4.69) is 228 Å². The summed E-state index contributed by atoms with van der Waals surface area (Å²) in [5.41, 5.74) is 14.0. The summed E-state index contributed by atoms with van der Waals surface area (Å²) in [6, 6.07) is 78.9. The predicted molar refractivity (Wildman–Crippen MR) is 229 cm³/mol. The summed E-state index contributed by atoms with van der Waals surface area (Å²) in [6.07, 6.45) is 0. The molecule has 9 aromatic carbocycles. The molecule has 0 N–H and O–H groups in total. The average molecular weight is 689 g/mol. The van der Waals surface area contributed by atoms with Gasteiger partial charge in [0.05, 0.1) is 16.7 Å². The molecule has 1 heterocycles. The number of para-hydroxylation sites is 2. The third kappa shape index (κ3) is 5.53. The quantitative estimate of drug-likeness (QED) is 0.162.